The summed E-state index contributed by atoms with van der Waals surface area (Å²) in [7, 11) is 0. The predicted octanol–water partition coefficient (Wildman–Crippen LogP) is 1.98. The van der Waals surface area contributed by atoms with Crippen LogP contribution < -0.4 is 0 Å². The van der Waals surface area contributed by atoms with E-state index in [0.717, 1.165) is 0 Å². The van der Waals surface area contributed by atoms with E-state index in [9.17, 15) is 4.79 Å². The van der Waals surface area contributed by atoms with Crippen LogP contribution in [-0.2, 0) is 4.79 Å². The van der Waals surface area contributed by atoms with Gasteiger partial charge in [0.15, 0.2) is 5.78 Å². The maximum Gasteiger partial charge on any atom is 0.155 e. The first-order chi connectivity index (χ1) is 4.46. The van der Waals surface area contributed by atoms with Crippen molar-refractivity contribution in [2.45, 2.75) is 20.8 Å². The molecule has 0 aromatic rings. The molecule has 0 aliphatic rings. The average molecular weight is 140 g/mol. The minimum Gasteiger partial charge on any atom is -0.508 e. The highest BCUT2D eigenvalue weighted by molar-refractivity contribution is 5.93. The average Bonchev–Trinajstić information content (AvgIpc) is 1.84. The van der Waals surface area contributed by atoms with Crippen molar-refractivity contribution in [3.63, 3.8) is 0 Å². The van der Waals surface area contributed by atoms with Crippen molar-refractivity contribution in [2.75, 3.05) is 0 Å². The molecule has 0 radical (unpaired) electrons. The number of aliphatic hydroxyl groups is 1. The summed E-state index contributed by atoms with van der Waals surface area (Å²) < 4.78 is 0. The van der Waals surface area contributed by atoms with E-state index in [-0.39, 0.29) is 11.5 Å². The molecular weight excluding hydrogens is 128 g/mol. The summed E-state index contributed by atoms with van der Waals surface area (Å²) in [5.74, 6) is -0.0691. The van der Waals surface area contributed by atoms with Crippen molar-refractivity contribution >= 4 is 5.78 Å². The van der Waals surface area contributed by atoms with Crippen LogP contribution in [0.2, 0.25) is 0 Å². The van der Waals surface area contributed by atoms with E-state index in [1.165, 1.54) is 6.92 Å². The third-order valence-corrected chi connectivity index (χ3v) is 1.52. The predicted molar refractivity (Wildman–Crippen MR) is 40.8 cm³/mol. The number of carbonyl (C=O) groups excluding carboxylic acids is 1. The van der Waals surface area contributed by atoms with Crippen molar-refractivity contribution in [1.29, 1.82) is 0 Å². The molecule has 0 aromatic carbocycles. The van der Waals surface area contributed by atoms with E-state index in [0.29, 0.717) is 11.1 Å². The maximum absolute atomic E-state index is 10.7. The first-order valence-electron chi connectivity index (χ1n) is 3.03. The Hall–Kier alpha value is -1.05. The van der Waals surface area contributed by atoms with Gasteiger partial charge in [-0.3, -0.25) is 4.79 Å². The molecule has 0 atom stereocenters. The zero-order valence-electron chi connectivity index (χ0n) is 6.56. The summed E-state index contributed by atoms with van der Waals surface area (Å²) in [6.45, 7) is 8.10. The third-order valence-electron chi connectivity index (χ3n) is 1.52. The summed E-state index contributed by atoms with van der Waals surface area (Å²) in [6, 6.07) is 0. The Labute approximate surface area is 60.9 Å². The van der Waals surface area contributed by atoms with E-state index < -0.39 is 0 Å². The van der Waals surface area contributed by atoms with Crippen LogP contribution in [0.3, 0.4) is 0 Å². The maximum atomic E-state index is 10.7. The topological polar surface area (TPSA) is 37.3 Å². The second-order valence-electron chi connectivity index (χ2n) is 2.25. The highest BCUT2D eigenvalue weighted by Crippen LogP contribution is 2.09. The molecule has 0 amide bonds. The van der Waals surface area contributed by atoms with Gasteiger partial charge in [0.25, 0.3) is 0 Å². The zero-order chi connectivity index (χ0) is 8.31. The van der Waals surface area contributed by atoms with Crippen molar-refractivity contribution in [1.82, 2.24) is 0 Å². The molecule has 0 aromatic heterocycles. The number of ketones is 1. The van der Waals surface area contributed by atoms with Gasteiger partial charge in [0, 0.05) is 0 Å². The quantitative estimate of drug-likeness (QED) is 0.362. The SMILES string of the molecule is C=C(O)/C(C)=C(/C)C(C)=O. The van der Waals surface area contributed by atoms with Gasteiger partial charge >= 0.3 is 0 Å². The number of rotatable bonds is 2. The summed E-state index contributed by atoms with van der Waals surface area (Å²) in [4.78, 5) is 10.7. The van der Waals surface area contributed by atoms with Crippen molar-refractivity contribution < 1.29 is 9.90 Å². The molecule has 0 fully saturated rings. The van der Waals surface area contributed by atoms with Crippen molar-refractivity contribution in [2.24, 2.45) is 0 Å². The molecule has 0 rings (SSSR count). The molecule has 0 spiro atoms. The molecule has 0 heterocycles. The van der Waals surface area contributed by atoms with Gasteiger partial charge in [-0.25, -0.2) is 0 Å². The van der Waals surface area contributed by atoms with Gasteiger partial charge in [0.2, 0.25) is 0 Å². The molecule has 56 valence electrons. The van der Waals surface area contributed by atoms with Gasteiger partial charge < -0.3 is 5.11 Å². The van der Waals surface area contributed by atoms with E-state index in [2.05, 4.69) is 6.58 Å². The van der Waals surface area contributed by atoms with Crippen LogP contribution in [0.5, 0.6) is 0 Å². The van der Waals surface area contributed by atoms with Crippen LogP contribution in [-0.4, -0.2) is 10.9 Å². The monoisotopic (exact) mass is 140 g/mol. The third kappa shape index (κ3) is 2.05. The van der Waals surface area contributed by atoms with E-state index in [1.54, 1.807) is 13.8 Å². The van der Waals surface area contributed by atoms with Crippen LogP contribution >= 0.6 is 0 Å². The lowest BCUT2D eigenvalue weighted by atomic mass is 10.1. The Morgan fingerprint density at radius 3 is 1.70 bits per heavy atom. The first kappa shape index (κ1) is 8.95. The van der Waals surface area contributed by atoms with Gasteiger partial charge in [-0.1, -0.05) is 6.58 Å². The minimum atomic E-state index is -0.0345. The number of aliphatic hydroxyl groups excluding tert-OH is 1. The number of hydrogen-bond acceptors (Lipinski definition) is 2. The van der Waals surface area contributed by atoms with Crippen LogP contribution in [0.15, 0.2) is 23.5 Å². The Balaban J connectivity index is 4.67. The van der Waals surface area contributed by atoms with Crippen LogP contribution in [0.4, 0.5) is 0 Å². The molecule has 0 aliphatic heterocycles. The molecule has 0 unspecified atom stereocenters. The van der Waals surface area contributed by atoms with Crippen LogP contribution in [0.1, 0.15) is 20.8 Å². The fourth-order valence-electron chi connectivity index (χ4n) is 0.480. The van der Waals surface area contributed by atoms with Crippen LogP contribution in [0, 0.1) is 0 Å². The van der Waals surface area contributed by atoms with Gasteiger partial charge in [-0.15, -0.1) is 0 Å². The number of carbonyl (C=O) groups is 1. The number of hydrogen-bond donors (Lipinski definition) is 1. The Bertz CT molecular complexity index is 177. The lowest BCUT2D eigenvalue weighted by Crippen LogP contribution is -1.96. The highest BCUT2D eigenvalue weighted by Gasteiger charge is 2.02. The molecule has 2 nitrogen and oxygen atoms in total. The van der Waals surface area contributed by atoms with E-state index >= 15 is 0 Å². The standard InChI is InChI=1S/C8H12O2/c1-5(7(3)9)6(2)8(4)10/h9H,3H2,1-2,4H3/b6-5-. The molecule has 0 bridgehead atoms. The molecule has 10 heavy (non-hydrogen) atoms. The molecule has 1 N–H and O–H groups in total. The molecular formula is C8H12O2. The summed E-state index contributed by atoms with van der Waals surface area (Å²) in [6.07, 6.45) is 0. The summed E-state index contributed by atoms with van der Waals surface area (Å²) in [5.41, 5.74) is 1.13. The Kier molecular flexibility index (Phi) is 2.87. The van der Waals surface area contributed by atoms with E-state index in [1.807, 2.05) is 0 Å². The molecule has 0 saturated heterocycles. The second-order valence-corrected chi connectivity index (χ2v) is 2.25. The summed E-state index contributed by atoms with van der Waals surface area (Å²) >= 11 is 0. The molecule has 0 saturated carbocycles. The minimum absolute atomic E-state index is 0.0345. The zero-order valence-corrected chi connectivity index (χ0v) is 6.56. The van der Waals surface area contributed by atoms with Gasteiger partial charge in [-0.05, 0) is 31.9 Å². The van der Waals surface area contributed by atoms with E-state index in [4.69, 9.17) is 5.11 Å². The van der Waals surface area contributed by atoms with Gasteiger partial charge in [0.1, 0.15) is 5.76 Å². The fraction of sp³-hybridized carbons (Fsp3) is 0.375. The fourth-order valence-corrected chi connectivity index (χ4v) is 0.480. The van der Waals surface area contributed by atoms with Gasteiger partial charge in [-0.2, -0.15) is 0 Å². The lowest BCUT2D eigenvalue weighted by Gasteiger charge is -2.00. The van der Waals surface area contributed by atoms with Gasteiger partial charge in [0.05, 0.1) is 0 Å². The molecule has 2 heteroatoms. The highest BCUT2D eigenvalue weighted by atomic mass is 16.3. The second kappa shape index (κ2) is 3.20. The van der Waals surface area contributed by atoms with Crippen LogP contribution in [0.25, 0.3) is 0 Å². The largest absolute Gasteiger partial charge is 0.508 e. The lowest BCUT2D eigenvalue weighted by molar-refractivity contribution is -0.113. The number of Topliss-reactive ketones (excluding diaryl/α,β-unsaturated/α-hetero) is 1. The molecule has 0 aliphatic carbocycles. The normalized spacial score (nSPS) is 12.3. The Morgan fingerprint density at radius 2 is 1.60 bits per heavy atom. The smallest absolute Gasteiger partial charge is 0.155 e. The Morgan fingerprint density at radius 1 is 1.20 bits per heavy atom. The van der Waals surface area contributed by atoms with Crippen molar-refractivity contribution in [3.05, 3.63) is 23.5 Å². The number of allylic oxidation sites excluding steroid dienone is 2. The first-order valence-corrected chi connectivity index (χ1v) is 3.03. The van der Waals surface area contributed by atoms with Crippen molar-refractivity contribution in [3.8, 4) is 0 Å². The summed E-state index contributed by atoms with van der Waals surface area (Å²) in [5, 5.41) is 8.84.